The Bertz CT molecular complexity index is 200. The highest BCUT2D eigenvalue weighted by Gasteiger charge is 2.01. The summed E-state index contributed by atoms with van der Waals surface area (Å²) >= 11 is 1.62. The zero-order valence-corrected chi connectivity index (χ0v) is 6.85. The van der Waals surface area contributed by atoms with Crippen LogP contribution in [-0.2, 0) is 13.7 Å². The quantitative estimate of drug-likeness (QED) is 0.642. The molecule has 1 heterocycles. The molecule has 0 atom stereocenters. The van der Waals surface area contributed by atoms with Crippen LogP contribution < -0.4 is 0 Å². The van der Waals surface area contributed by atoms with Gasteiger partial charge in [0, 0.05) is 7.05 Å². The standard InChI is InChI=1S/C6H10N2OS/c1-8-5(4-9)7-3-6(8)10-2/h3,9H,4H2,1-2H3. The Morgan fingerprint density at radius 3 is 2.80 bits per heavy atom. The second kappa shape index (κ2) is 3.07. The van der Waals surface area contributed by atoms with Crippen molar-refractivity contribution in [2.45, 2.75) is 11.6 Å². The van der Waals surface area contributed by atoms with Crippen LogP contribution in [0.1, 0.15) is 5.82 Å². The van der Waals surface area contributed by atoms with Crippen LogP contribution in [-0.4, -0.2) is 20.9 Å². The summed E-state index contributed by atoms with van der Waals surface area (Å²) < 4.78 is 1.88. The monoisotopic (exact) mass is 158 g/mol. The van der Waals surface area contributed by atoms with E-state index in [4.69, 9.17) is 5.11 Å². The van der Waals surface area contributed by atoms with Crippen molar-refractivity contribution in [2.24, 2.45) is 7.05 Å². The van der Waals surface area contributed by atoms with Gasteiger partial charge in [0.2, 0.25) is 0 Å². The molecule has 56 valence electrons. The van der Waals surface area contributed by atoms with Crippen molar-refractivity contribution in [1.29, 1.82) is 0 Å². The van der Waals surface area contributed by atoms with Gasteiger partial charge in [0.05, 0.1) is 11.2 Å². The largest absolute Gasteiger partial charge is 0.388 e. The lowest BCUT2D eigenvalue weighted by Gasteiger charge is -1.99. The minimum Gasteiger partial charge on any atom is -0.388 e. The molecule has 0 fully saturated rings. The minimum atomic E-state index is 0.0110. The van der Waals surface area contributed by atoms with Gasteiger partial charge >= 0.3 is 0 Å². The first-order valence-electron chi connectivity index (χ1n) is 2.95. The molecular weight excluding hydrogens is 148 g/mol. The first-order chi connectivity index (χ1) is 4.79. The highest BCUT2D eigenvalue weighted by Crippen LogP contribution is 2.14. The average molecular weight is 158 g/mol. The van der Waals surface area contributed by atoms with Gasteiger partial charge in [-0.2, -0.15) is 0 Å². The molecule has 3 nitrogen and oxygen atoms in total. The summed E-state index contributed by atoms with van der Waals surface area (Å²) in [4.78, 5) is 4.00. The van der Waals surface area contributed by atoms with Gasteiger partial charge in [-0.05, 0) is 6.26 Å². The van der Waals surface area contributed by atoms with Crippen LogP contribution in [0.4, 0.5) is 0 Å². The van der Waals surface area contributed by atoms with Crippen molar-refractivity contribution in [1.82, 2.24) is 9.55 Å². The van der Waals surface area contributed by atoms with Gasteiger partial charge in [-0.15, -0.1) is 11.8 Å². The normalized spacial score (nSPS) is 10.3. The number of imidazole rings is 1. The molecule has 0 aliphatic heterocycles. The third kappa shape index (κ3) is 1.17. The SMILES string of the molecule is CSc1cnc(CO)n1C. The number of aromatic nitrogens is 2. The molecule has 0 unspecified atom stereocenters. The maximum Gasteiger partial charge on any atom is 0.135 e. The van der Waals surface area contributed by atoms with Crippen molar-refractivity contribution in [3.05, 3.63) is 12.0 Å². The van der Waals surface area contributed by atoms with Gasteiger partial charge in [0.15, 0.2) is 0 Å². The molecule has 0 aliphatic rings. The van der Waals surface area contributed by atoms with E-state index in [1.807, 2.05) is 17.9 Å². The number of nitrogens with zero attached hydrogens (tertiary/aromatic N) is 2. The summed E-state index contributed by atoms with van der Waals surface area (Å²) in [6, 6.07) is 0. The summed E-state index contributed by atoms with van der Waals surface area (Å²) in [5.41, 5.74) is 0. The number of rotatable bonds is 2. The molecule has 0 amide bonds. The van der Waals surface area contributed by atoms with E-state index in [0.29, 0.717) is 5.82 Å². The van der Waals surface area contributed by atoms with Crippen LogP contribution in [0.15, 0.2) is 11.2 Å². The predicted octanol–water partition coefficient (Wildman–Crippen LogP) is 0.634. The Balaban J connectivity index is 2.97. The first kappa shape index (κ1) is 7.63. The fourth-order valence-corrected chi connectivity index (χ4v) is 1.30. The Hall–Kier alpha value is -0.480. The highest BCUT2D eigenvalue weighted by molar-refractivity contribution is 7.98. The zero-order chi connectivity index (χ0) is 7.56. The molecule has 0 aromatic carbocycles. The molecule has 0 spiro atoms. The number of aliphatic hydroxyl groups is 1. The topological polar surface area (TPSA) is 38.1 Å². The fraction of sp³-hybridized carbons (Fsp3) is 0.500. The number of hydrogen-bond donors (Lipinski definition) is 1. The Morgan fingerprint density at radius 1 is 1.80 bits per heavy atom. The van der Waals surface area contributed by atoms with E-state index in [9.17, 15) is 0 Å². The van der Waals surface area contributed by atoms with E-state index in [1.165, 1.54) is 0 Å². The molecule has 4 heteroatoms. The van der Waals surface area contributed by atoms with Gasteiger partial charge in [-0.25, -0.2) is 4.98 Å². The summed E-state index contributed by atoms with van der Waals surface area (Å²) in [5, 5.41) is 9.81. The van der Waals surface area contributed by atoms with E-state index < -0.39 is 0 Å². The Kier molecular flexibility index (Phi) is 2.34. The molecular formula is C6H10N2OS. The summed E-state index contributed by atoms with van der Waals surface area (Å²) in [6.45, 7) is 0.0110. The van der Waals surface area contributed by atoms with Crippen LogP contribution in [0, 0.1) is 0 Å². The molecule has 0 bridgehead atoms. The molecule has 1 aromatic heterocycles. The molecule has 0 saturated heterocycles. The number of aliphatic hydroxyl groups excluding tert-OH is 1. The molecule has 0 aliphatic carbocycles. The van der Waals surface area contributed by atoms with Crippen molar-refractivity contribution >= 4 is 11.8 Å². The Morgan fingerprint density at radius 2 is 2.50 bits per heavy atom. The van der Waals surface area contributed by atoms with Crippen LogP contribution in [0.2, 0.25) is 0 Å². The third-order valence-electron chi connectivity index (χ3n) is 1.39. The molecule has 0 radical (unpaired) electrons. The lowest BCUT2D eigenvalue weighted by Crippen LogP contribution is -1.97. The first-order valence-corrected chi connectivity index (χ1v) is 4.17. The molecule has 1 N–H and O–H groups in total. The van der Waals surface area contributed by atoms with Crippen LogP contribution >= 0.6 is 11.8 Å². The lowest BCUT2D eigenvalue weighted by atomic mass is 10.6. The highest BCUT2D eigenvalue weighted by atomic mass is 32.2. The number of thioether (sulfide) groups is 1. The summed E-state index contributed by atoms with van der Waals surface area (Å²) in [6.07, 6.45) is 3.74. The number of hydrogen-bond acceptors (Lipinski definition) is 3. The smallest absolute Gasteiger partial charge is 0.135 e. The minimum absolute atomic E-state index is 0.0110. The third-order valence-corrected chi connectivity index (χ3v) is 2.19. The van der Waals surface area contributed by atoms with Crippen LogP contribution in [0.3, 0.4) is 0 Å². The summed E-state index contributed by atoms with van der Waals surface area (Å²) in [5.74, 6) is 0.712. The van der Waals surface area contributed by atoms with E-state index in [0.717, 1.165) is 5.03 Å². The maximum absolute atomic E-state index is 8.73. The van der Waals surface area contributed by atoms with E-state index in [1.54, 1.807) is 18.0 Å². The maximum atomic E-state index is 8.73. The van der Waals surface area contributed by atoms with E-state index >= 15 is 0 Å². The second-order valence-electron chi connectivity index (χ2n) is 1.93. The Labute approximate surface area is 64.1 Å². The van der Waals surface area contributed by atoms with Crippen molar-refractivity contribution in [3.8, 4) is 0 Å². The van der Waals surface area contributed by atoms with Crippen LogP contribution in [0.5, 0.6) is 0 Å². The van der Waals surface area contributed by atoms with Gasteiger partial charge in [0.1, 0.15) is 12.4 Å². The van der Waals surface area contributed by atoms with Gasteiger partial charge in [-0.3, -0.25) is 0 Å². The molecule has 1 rings (SSSR count). The molecule has 10 heavy (non-hydrogen) atoms. The van der Waals surface area contributed by atoms with Crippen molar-refractivity contribution in [2.75, 3.05) is 6.26 Å². The average Bonchev–Trinajstić information content (AvgIpc) is 2.30. The second-order valence-corrected chi connectivity index (χ2v) is 2.76. The van der Waals surface area contributed by atoms with Gasteiger partial charge in [0.25, 0.3) is 0 Å². The van der Waals surface area contributed by atoms with E-state index in [-0.39, 0.29) is 6.61 Å². The van der Waals surface area contributed by atoms with Crippen molar-refractivity contribution in [3.63, 3.8) is 0 Å². The van der Waals surface area contributed by atoms with Gasteiger partial charge in [-0.1, -0.05) is 0 Å². The molecule has 1 aromatic rings. The van der Waals surface area contributed by atoms with Crippen molar-refractivity contribution < 1.29 is 5.11 Å². The van der Waals surface area contributed by atoms with Crippen LogP contribution in [0.25, 0.3) is 0 Å². The predicted molar refractivity (Wildman–Crippen MR) is 40.9 cm³/mol. The molecule has 0 saturated carbocycles. The van der Waals surface area contributed by atoms with E-state index in [2.05, 4.69) is 4.98 Å². The zero-order valence-electron chi connectivity index (χ0n) is 6.03. The lowest BCUT2D eigenvalue weighted by molar-refractivity contribution is 0.266. The van der Waals surface area contributed by atoms with Gasteiger partial charge < -0.3 is 9.67 Å². The fourth-order valence-electron chi connectivity index (χ4n) is 0.767. The summed E-state index contributed by atoms with van der Waals surface area (Å²) in [7, 11) is 1.89.